The van der Waals surface area contributed by atoms with Crippen LogP contribution >= 0.6 is 0 Å². The minimum atomic E-state index is -0.0880. The van der Waals surface area contributed by atoms with E-state index in [2.05, 4.69) is 23.8 Å². The van der Waals surface area contributed by atoms with Gasteiger partial charge in [0.25, 0.3) is 5.91 Å². The van der Waals surface area contributed by atoms with E-state index in [0.29, 0.717) is 0 Å². The molecule has 1 heterocycles. The number of piperazine rings is 1. The van der Waals surface area contributed by atoms with Crippen molar-refractivity contribution in [3.05, 3.63) is 43.0 Å². The Balaban J connectivity index is 2.30. The lowest BCUT2D eigenvalue weighted by Crippen LogP contribution is -2.59. The lowest BCUT2D eigenvalue weighted by Gasteiger charge is -2.41. The first-order valence-electron chi connectivity index (χ1n) is 6.23. The van der Waals surface area contributed by atoms with Crippen LogP contribution in [0.15, 0.2) is 43.0 Å². The Labute approximate surface area is 108 Å². The maximum absolute atomic E-state index is 12.1. The second kappa shape index (κ2) is 5.80. The van der Waals surface area contributed by atoms with Gasteiger partial charge in [-0.15, -0.1) is 0 Å². The van der Waals surface area contributed by atoms with Crippen molar-refractivity contribution in [2.24, 2.45) is 0 Å². The van der Waals surface area contributed by atoms with E-state index >= 15 is 0 Å². The van der Waals surface area contributed by atoms with Gasteiger partial charge in [-0.05, 0) is 25.1 Å². The van der Waals surface area contributed by atoms with Crippen LogP contribution in [-0.2, 0) is 4.79 Å². The van der Waals surface area contributed by atoms with Crippen LogP contribution in [0.1, 0.15) is 6.92 Å². The van der Waals surface area contributed by atoms with E-state index in [4.69, 9.17) is 0 Å². The van der Waals surface area contributed by atoms with Crippen LogP contribution in [0, 0.1) is 0 Å². The minimum absolute atomic E-state index is 0.0880. The van der Waals surface area contributed by atoms with Crippen LogP contribution in [0.2, 0.25) is 0 Å². The van der Waals surface area contributed by atoms with Crippen molar-refractivity contribution in [2.45, 2.75) is 13.0 Å². The number of carbonyl (C=O) groups is 1. The molecule has 0 spiro atoms. The average molecular weight is 245 g/mol. The molecule has 0 bridgehead atoms. The molecular formula is C14H19N3O. The molecule has 1 atom stereocenters. The van der Waals surface area contributed by atoms with Gasteiger partial charge in [0.05, 0.1) is 5.69 Å². The first-order chi connectivity index (χ1) is 8.74. The number of nitrogens with zero attached hydrogens (tertiary/aromatic N) is 2. The molecule has 2 rings (SSSR count). The van der Waals surface area contributed by atoms with Crippen LogP contribution in [0.4, 0.5) is 5.69 Å². The zero-order valence-electron chi connectivity index (χ0n) is 10.7. The highest BCUT2D eigenvalue weighted by Crippen LogP contribution is 2.19. The molecule has 1 aromatic carbocycles. The molecule has 1 unspecified atom stereocenters. The van der Waals surface area contributed by atoms with Crippen molar-refractivity contribution < 1.29 is 4.79 Å². The number of hydrogen-bond donors (Lipinski definition) is 1. The van der Waals surface area contributed by atoms with Crippen molar-refractivity contribution in [1.82, 2.24) is 10.3 Å². The predicted molar refractivity (Wildman–Crippen MR) is 73.2 cm³/mol. The number of hydrazine groups is 1. The van der Waals surface area contributed by atoms with Gasteiger partial charge in [-0.1, -0.05) is 24.8 Å². The monoisotopic (exact) mass is 245 g/mol. The summed E-state index contributed by atoms with van der Waals surface area (Å²) < 4.78 is 0. The first-order valence-corrected chi connectivity index (χ1v) is 6.23. The van der Waals surface area contributed by atoms with Gasteiger partial charge in [0.2, 0.25) is 0 Å². The summed E-state index contributed by atoms with van der Waals surface area (Å²) in [6, 6.07) is 9.98. The molecule has 0 radical (unpaired) electrons. The standard InChI is InChI=1S/C14H19N3O/c1-3-14(18)17(13-7-5-4-6-8-13)16-10-9-15-11-12(16)2/h3-8,12,15H,1,9-11H2,2H3. The fraction of sp³-hybridized carbons (Fsp3) is 0.357. The Morgan fingerprint density at radius 2 is 2.22 bits per heavy atom. The molecule has 1 amide bonds. The van der Waals surface area contributed by atoms with Gasteiger partial charge in [-0.25, -0.2) is 10.0 Å². The number of carbonyl (C=O) groups excluding carboxylic acids is 1. The van der Waals surface area contributed by atoms with Gasteiger partial charge < -0.3 is 5.32 Å². The summed E-state index contributed by atoms with van der Waals surface area (Å²) in [6.07, 6.45) is 1.36. The average Bonchev–Trinajstić information content (AvgIpc) is 2.42. The van der Waals surface area contributed by atoms with Crippen LogP contribution in [0.5, 0.6) is 0 Å². The van der Waals surface area contributed by atoms with Gasteiger partial charge in [-0.3, -0.25) is 4.79 Å². The van der Waals surface area contributed by atoms with Crippen molar-refractivity contribution >= 4 is 11.6 Å². The molecular weight excluding hydrogens is 226 g/mol. The van der Waals surface area contributed by atoms with Crippen LogP contribution in [-0.4, -0.2) is 36.6 Å². The third-order valence-electron chi connectivity index (χ3n) is 3.11. The number of nitrogens with one attached hydrogen (secondary N) is 1. The molecule has 1 aliphatic rings. The van der Waals surface area contributed by atoms with Crippen LogP contribution in [0.3, 0.4) is 0 Å². The quantitative estimate of drug-likeness (QED) is 0.818. The number of hydrogen-bond acceptors (Lipinski definition) is 3. The Morgan fingerprint density at radius 3 is 2.83 bits per heavy atom. The highest BCUT2D eigenvalue weighted by Gasteiger charge is 2.27. The summed E-state index contributed by atoms with van der Waals surface area (Å²) in [5.74, 6) is -0.0880. The molecule has 0 aromatic heterocycles. The highest BCUT2D eigenvalue weighted by atomic mass is 16.2. The summed E-state index contributed by atoms with van der Waals surface area (Å²) in [6.45, 7) is 8.29. The maximum Gasteiger partial charge on any atom is 0.264 e. The van der Waals surface area contributed by atoms with Crippen molar-refractivity contribution in [2.75, 3.05) is 24.6 Å². The molecule has 4 heteroatoms. The number of benzene rings is 1. The van der Waals surface area contributed by atoms with Crippen molar-refractivity contribution in [3.63, 3.8) is 0 Å². The molecule has 18 heavy (non-hydrogen) atoms. The molecule has 1 aromatic rings. The topological polar surface area (TPSA) is 35.6 Å². The van der Waals surface area contributed by atoms with Gasteiger partial charge in [0.1, 0.15) is 0 Å². The molecule has 1 aliphatic heterocycles. The molecule has 1 N–H and O–H groups in total. The largest absolute Gasteiger partial charge is 0.314 e. The van der Waals surface area contributed by atoms with E-state index < -0.39 is 0 Å². The molecule has 4 nitrogen and oxygen atoms in total. The normalized spacial score (nSPS) is 20.4. The smallest absolute Gasteiger partial charge is 0.264 e. The maximum atomic E-state index is 12.1. The first kappa shape index (κ1) is 12.8. The van der Waals surface area contributed by atoms with Gasteiger partial charge in [0.15, 0.2) is 0 Å². The zero-order valence-corrected chi connectivity index (χ0v) is 10.7. The molecule has 96 valence electrons. The predicted octanol–water partition coefficient (Wildman–Crippen LogP) is 1.41. The lowest BCUT2D eigenvalue weighted by molar-refractivity contribution is -0.117. The zero-order chi connectivity index (χ0) is 13.0. The van der Waals surface area contributed by atoms with Crippen LogP contribution in [0.25, 0.3) is 0 Å². The fourth-order valence-electron chi connectivity index (χ4n) is 2.19. The van der Waals surface area contributed by atoms with E-state index in [1.54, 1.807) is 5.01 Å². The summed E-state index contributed by atoms with van der Waals surface area (Å²) >= 11 is 0. The number of anilines is 1. The van der Waals surface area contributed by atoms with Crippen LogP contribution < -0.4 is 10.3 Å². The second-order valence-corrected chi connectivity index (χ2v) is 4.41. The van der Waals surface area contributed by atoms with Gasteiger partial charge in [-0.2, -0.15) is 0 Å². The Bertz CT molecular complexity index is 418. The Hall–Kier alpha value is -1.65. The molecule has 1 saturated heterocycles. The molecule has 1 fully saturated rings. The number of rotatable bonds is 3. The highest BCUT2D eigenvalue weighted by molar-refractivity contribution is 6.00. The lowest BCUT2D eigenvalue weighted by atomic mass is 10.2. The van der Waals surface area contributed by atoms with E-state index in [1.807, 2.05) is 30.3 Å². The second-order valence-electron chi connectivity index (χ2n) is 4.41. The van der Waals surface area contributed by atoms with Gasteiger partial charge >= 0.3 is 0 Å². The third-order valence-corrected chi connectivity index (χ3v) is 3.11. The van der Waals surface area contributed by atoms with E-state index in [9.17, 15) is 4.79 Å². The van der Waals surface area contributed by atoms with E-state index in [0.717, 1.165) is 25.3 Å². The molecule has 0 aliphatic carbocycles. The van der Waals surface area contributed by atoms with Gasteiger partial charge in [0, 0.05) is 25.7 Å². The summed E-state index contributed by atoms with van der Waals surface area (Å²) in [4.78, 5) is 12.1. The summed E-state index contributed by atoms with van der Waals surface area (Å²) in [5, 5.41) is 7.14. The SMILES string of the molecule is C=CC(=O)N(c1ccccc1)N1CCNCC1C. The van der Waals surface area contributed by atoms with Crippen molar-refractivity contribution in [3.8, 4) is 0 Å². The third kappa shape index (κ3) is 2.60. The van der Waals surface area contributed by atoms with Crippen molar-refractivity contribution in [1.29, 1.82) is 0 Å². The number of para-hydroxylation sites is 1. The Kier molecular flexibility index (Phi) is 4.12. The summed E-state index contributed by atoms with van der Waals surface area (Å²) in [7, 11) is 0. The number of amides is 1. The fourth-order valence-corrected chi connectivity index (χ4v) is 2.19. The van der Waals surface area contributed by atoms with E-state index in [-0.39, 0.29) is 11.9 Å². The van der Waals surface area contributed by atoms with E-state index in [1.165, 1.54) is 6.08 Å². The summed E-state index contributed by atoms with van der Waals surface area (Å²) in [5.41, 5.74) is 0.885. The Morgan fingerprint density at radius 1 is 1.50 bits per heavy atom. The minimum Gasteiger partial charge on any atom is -0.314 e. The molecule has 0 saturated carbocycles.